The minimum absolute atomic E-state index is 0.0708. The van der Waals surface area contributed by atoms with E-state index in [2.05, 4.69) is 17.3 Å². The molecule has 1 aromatic heterocycles. The van der Waals surface area contributed by atoms with E-state index in [0.717, 1.165) is 17.5 Å². The third kappa shape index (κ3) is 3.74. The molecule has 4 rings (SSSR count). The highest BCUT2D eigenvalue weighted by Gasteiger charge is 2.35. The van der Waals surface area contributed by atoms with Crippen molar-refractivity contribution < 1.29 is 14.3 Å². The van der Waals surface area contributed by atoms with E-state index in [1.165, 1.54) is 5.56 Å². The molecule has 6 heteroatoms. The summed E-state index contributed by atoms with van der Waals surface area (Å²) in [5.41, 5.74) is 7.05. The number of benzene rings is 2. The first-order chi connectivity index (χ1) is 14.6. The molecule has 1 aliphatic rings. The number of ether oxygens (including phenoxy) is 2. The highest BCUT2D eigenvalue weighted by Crippen LogP contribution is 2.41. The molecule has 1 aliphatic heterocycles. The van der Waals surface area contributed by atoms with E-state index in [1.54, 1.807) is 26.6 Å². The van der Waals surface area contributed by atoms with E-state index in [4.69, 9.17) is 9.47 Å². The summed E-state index contributed by atoms with van der Waals surface area (Å²) < 4.78 is 11.1. The number of hydrogen-bond acceptors (Lipinski definition) is 5. The summed E-state index contributed by atoms with van der Waals surface area (Å²) in [5, 5.41) is 2.03. The quantitative estimate of drug-likeness (QED) is 0.702. The third-order valence-corrected chi connectivity index (χ3v) is 5.50. The number of methoxy groups -OCH3 is 2. The smallest absolute Gasteiger partial charge is 0.265 e. The van der Waals surface area contributed by atoms with Crippen LogP contribution in [0.5, 0.6) is 11.5 Å². The standard InChI is InChI=1S/C24H25N3O3/c1-16-13-19-14-21(29-2)22(30-3)15-20(19)23(17-9-11-25-12-10-17)27(16)26-24(28)18-7-5-4-6-8-18/h4-12,14-16,23H,13H2,1-3H3,(H,26,28)/t16-,23-/m1/s1. The highest BCUT2D eigenvalue weighted by atomic mass is 16.5. The minimum atomic E-state index is -0.181. The van der Waals surface area contributed by atoms with Gasteiger partial charge < -0.3 is 9.47 Å². The van der Waals surface area contributed by atoms with Crippen molar-refractivity contribution in [3.05, 3.63) is 89.2 Å². The van der Waals surface area contributed by atoms with Crippen LogP contribution in [0, 0.1) is 0 Å². The van der Waals surface area contributed by atoms with E-state index in [0.29, 0.717) is 17.1 Å². The van der Waals surface area contributed by atoms with Gasteiger partial charge in [0.15, 0.2) is 11.5 Å². The van der Waals surface area contributed by atoms with Crippen LogP contribution in [0.4, 0.5) is 0 Å². The zero-order valence-electron chi connectivity index (χ0n) is 17.3. The van der Waals surface area contributed by atoms with Gasteiger partial charge in [0.1, 0.15) is 0 Å². The van der Waals surface area contributed by atoms with Gasteiger partial charge in [-0.15, -0.1) is 0 Å². The van der Waals surface area contributed by atoms with Crippen molar-refractivity contribution in [1.29, 1.82) is 0 Å². The lowest BCUT2D eigenvalue weighted by molar-refractivity contribution is 0.0552. The Labute approximate surface area is 176 Å². The normalized spacial score (nSPS) is 18.4. The Morgan fingerprint density at radius 2 is 1.70 bits per heavy atom. The maximum Gasteiger partial charge on any atom is 0.265 e. The molecule has 0 aliphatic carbocycles. The lowest BCUT2D eigenvalue weighted by atomic mass is 9.86. The van der Waals surface area contributed by atoms with Gasteiger partial charge in [0.05, 0.1) is 20.3 Å². The van der Waals surface area contributed by atoms with E-state index in [1.807, 2.05) is 59.6 Å². The summed E-state index contributed by atoms with van der Waals surface area (Å²) >= 11 is 0. The highest BCUT2D eigenvalue weighted by molar-refractivity contribution is 5.93. The molecule has 2 atom stereocenters. The number of hydrazine groups is 1. The van der Waals surface area contributed by atoms with Crippen molar-refractivity contribution in [2.45, 2.75) is 25.4 Å². The number of fused-ring (bicyclic) bond motifs is 1. The summed E-state index contributed by atoms with van der Waals surface area (Å²) in [7, 11) is 3.27. The van der Waals surface area contributed by atoms with Gasteiger partial charge in [-0.1, -0.05) is 18.2 Å². The molecular formula is C24H25N3O3. The monoisotopic (exact) mass is 403 g/mol. The van der Waals surface area contributed by atoms with E-state index >= 15 is 0 Å². The Morgan fingerprint density at radius 3 is 2.37 bits per heavy atom. The molecule has 0 saturated heterocycles. The molecule has 0 unspecified atom stereocenters. The molecule has 3 aromatic rings. The number of carbonyl (C=O) groups is 1. The van der Waals surface area contributed by atoms with Crippen LogP contribution in [0.3, 0.4) is 0 Å². The molecule has 2 aromatic carbocycles. The molecule has 1 amide bonds. The summed E-state index contributed by atoms with van der Waals surface area (Å²) in [5.74, 6) is 1.24. The van der Waals surface area contributed by atoms with Gasteiger partial charge in [-0.05, 0) is 66.4 Å². The summed E-state index contributed by atoms with van der Waals surface area (Å²) in [6.07, 6.45) is 4.31. The van der Waals surface area contributed by atoms with Crippen LogP contribution in [0.1, 0.15) is 40.0 Å². The van der Waals surface area contributed by atoms with Crippen molar-refractivity contribution in [2.24, 2.45) is 0 Å². The zero-order chi connectivity index (χ0) is 21.1. The molecular weight excluding hydrogens is 378 g/mol. The first-order valence-corrected chi connectivity index (χ1v) is 9.91. The number of nitrogens with zero attached hydrogens (tertiary/aromatic N) is 2. The molecule has 2 heterocycles. The summed E-state index contributed by atoms with van der Waals surface area (Å²) in [6.45, 7) is 2.11. The predicted molar refractivity (Wildman–Crippen MR) is 115 cm³/mol. The average molecular weight is 403 g/mol. The number of carbonyl (C=O) groups excluding carboxylic acids is 1. The fourth-order valence-electron chi connectivity index (χ4n) is 4.02. The lowest BCUT2D eigenvalue weighted by Crippen LogP contribution is -2.52. The van der Waals surface area contributed by atoms with Gasteiger partial charge in [0, 0.05) is 24.0 Å². The maximum atomic E-state index is 13.0. The molecule has 0 bridgehead atoms. The molecule has 0 radical (unpaired) electrons. The van der Waals surface area contributed by atoms with Gasteiger partial charge in [-0.25, -0.2) is 5.01 Å². The fraction of sp³-hybridized carbons (Fsp3) is 0.250. The second kappa shape index (κ2) is 8.55. The lowest BCUT2D eigenvalue weighted by Gasteiger charge is -2.42. The molecule has 154 valence electrons. The minimum Gasteiger partial charge on any atom is -0.493 e. The number of aromatic nitrogens is 1. The van der Waals surface area contributed by atoms with Crippen LogP contribution in [0.15, 0.2) is 67.0 Å². The van der Waals surface area contributed by atoms with Crippen molar-refractivity contribution >= 4 is 5.91 Å². The van der Waals surface area contributed by atoms with Gasteiger partial charge in [0.25, 0.3) is 5.91 Å². The van der Waals surface area contributed by atoms with E-state index in [9.17, 15) is 4.79 Å². The largest absolute Gasteiger partial charge is 0.493 e. The van der Waals surface area contributed by atoms with Gasteiger partial charge >= 0.3 is 0 Å². The van der Waals surface area contributed by atoms with Gasteiger partial charge in [-0.2, -0.15) is 0 Å². The Bertz CT molecular complexity index is 1020. The van der Waals surface area contributed by atoms with Crippen LogP contribution >= 0.6 is 0 Å². The van der Waals surface area contributed by atoms with E-state index < -0.39 is 0 Å². The van der Waals surface area contributed by atoms with Crippen LogP contribution < -0.4 is 14.9 Å². The molecule has 1 N–H and O–H groups in total. The Balaban J connectivity index is 1.79. The number of nitrogens with one attached hydrogen (secondary N) is 1. The second-order valence-electron chi connectivity index (χ2n) is 7.36. The predicted octanol–water partition coefficient (Wildman–Crippen LogP) is 3.78. The molecule has 0 spiro atoms. The van der Waals surface area contributed by atoms with Gasteiger partial charge in [-0.3, -0.25) is 15.2 Å². The summed E-state index contributed by atoms with van der Waals surface area (Å²) in [6, 6.07) is 17.1. The first kappa shape index (κ1) is 19.9. The first-order valence-electron chi connectivity index (χ1n) is 9.91. The second-order valence-corrected chi connectivity index (χ2v) is 7.36. The fourth-order valence-corrected chi connectivity index (χ4v) is 4.02. The Hall–Kier alpha value is -3.38. The number of rotatable bonds is 5. The number of pyridine rings is 1. The topological polar surface area (TPSA) is 63.7 Å². The third-order valence-electron chi connectivity index (χ3n) is 5.50. The SMILES string of the molecule is COc1cc2c(cc1OC)[C@@H](c1ccncc1)N(NC(=O)c1ccccc1)[C@H](C)C2. The summed E-state index contributed by atoms with van der Waals surface area (Å²) in [4.78, 5) is 17.1. The molecule has 6 nitrogen and oxygen atoms in total. The van der Waals surface area contributed by atoms with Gasteiger partial charge in [0.2, 0.25) is 0 Å². The number of amides is 1. The van der Waals surface area contributed by atoms with Crippen molar-refractivity contribution in [3.63, 3.8) is 0 Å². The van der Waals surface area contributed by atoms with Crippen LogP contribution in [0.2, 0.25) is 0 Å². The van der Waals surface area contributed by atoms with Crippen LogP contribution in [-0.4, -0.2) is 36.2 Å². The Morgan fingerprint density at radius 1 is 1.03 bits per heavy atom. The van der Waals surface area contributed by atoms with Crippen LogP contribution in [0.25, 0.3) is 0 Å². The Kier molecular flexibility index (Phi) is 5.68. The number of hydrogen-bond donors (Lipinski definition) is 1. The molecule has 30 heavy (non-hydrogen) atoms. The van der Waals surface area contributed by atoms with Crippen molar-refractivity contribution in [1.82, 2.24) is 15.4 Å². The zero-order valence-corrected chi connectivity index (χ0v) is 17.3. The van der Waals surface area contributed by atoms with Crippen LogP contribution in [-0.2, 0) is 6.42 Å². The molecule has 0 fully saturated rings. The van der Waals surface area contributed by atoms with E-state index in [-0.39, 0.29) is 18.0 Å². The molecule has 0 saturated carbocycles. The van der Waals surface area contributed by atoms with Crippen molar-refractivity contribution in [2.75, 3.05) is 14.2 Å². The average Bonchev–Trinajstić information content (AvgIpc) is 2.79. The van der Waals surface area contributed by atoms with Crippen molar-refractivity contribution in [3.8, 4) is 11.5 Å². The maximum absolute atomic E-state index is 13.0.